The predicted molar refractivity (Wildman–Crippen MR) is 110 cm³/mol. The number of aryl methyl sites for hydroxylation is 1. The van der Waals surface area contributed by atoms with Gasteiger partial charge in [0.1, 0.15) is 5.75 Å². The van der Waals surface area contributed by atoms with E-state index >= 15 is 0 Å². The van der Waals surface area contributed by atoms with Gasteiger partial charge in [-0.2, -0.15) is 4.98 Å². The van der Waals surface area contributed by atoms with Crippen molar-refractivity contribution in [2.24, 2.45) is 0 Å². The standard InChI is InChI=1S/C20H22N4O5S/c1-13-21-19(23-29-13)20(2,3)22-18(25)14-6-5-7-17(12-14)30(26,27)24-15-8-10-16(28-4)11-9-15/h5-12,24H,1-4H3,(H,22,25). The van der Waals surface area contributed by atoms with Gasteiger partial charge in [0, 0.05) is 18.2 Å². The number of aromatic nitrogens is 2. The lowest BCUT2D eigenvalue weighted by atomic mass is 10.0. The molecule has 0 unspecified atom stereocenters. The molecule has 30 heavy (non-hydrogen) atoms. The first-order valence-electron chi connectivity index (χ1n) is 9.01. The van der Waals surface area contributed by atoms with Gasteiger partial charge in [-0.1, -0.05) is 11.2 Å². The highest BCUT2D eigenvalue weighted by Gasteiger charge is 2.29. The Labute approximate surface area is 174 Å². The smallest absolute Gasteiger partial charge is 0.261 e. The van der Waals surface area contributed by atoms with Gasteiger partial charge in [-0.3, -0.25) is 9.52 Å². The van der Waals surface area contributed by atoms with Crippen molar-refractivity contribution in [3.05, 3.63) is 65.8 Å². The Hall–Kier alpha value is -3.40. The van der Waals surface area contributed by atoms with Crippen LogP contribution in [0.15, 0.2) is 57.9 Å². The average Bonchev–Trinajstić information content (AvgIpc) is 3.15. The van der Waals surface area contributed by atoms with Crippen molar-refractivity contribution in [3.8, 4) is 5.75 Å². The molecule has 1 amide bonds. The number of methoxy groups -OCH3 is 1. The second kappa shape index (κ2) is 8.15. The van der Waals surface area contributed by atoms with Crippen LogP contribution in [-0.2, 0) is 15.6 Å². The SMILES string of the molecule is COc1ccc(NS(=O)(=O)c2cccc(C(=O)NC(C)(C)c3noc(C)n3)c2)cc1. The van der Waals surface area contributed by atoms with Gasteiger partial charge in [0.25, 0.3) is 15.9 Å². The van der Waals surface area contributed by atoms with E-state index in [1.165, 1.54) is 31.4 Å². The van der Waals surface area contributed by atoms with Crippen molar-refractivity contribution < 1.29 is 22.5 Å². The third-order valence-corrected chi connectivity index (χ3v) is 5.64. The van der Waals surface area contributed by atoms with Crippen LogP contribution in [0.25, 0.3) is 0 Å². The number of hydrogen-bond donors (Lipinski definition) is 2. The van der Waals surface area contributed by atoms with Crippen molar-refractivity contribution in [1.29, 1.82) is 0 Å². The zero-order valence-corrected chi connectivity index (χ0v) is 17.8. The fraction of sp³-hybridized carbons (Fsp3) is 0.250. The molecule has 0 bridgehead atoms. The maximum absolute atomic E-state index is 12.7. The molecule has 0 saturated heterocycles. The third kappa shape index (κ3) is 4.77. The van der Waals surface area contributed by atoms with E-state index in [4.69, 9.17) is 9.26 Å². The number of ether oxygens (including phenoxy) is 1. The highest BCUT2D eigenvalue weighted by Crippen LogP contribution is 2.21. The second-order valence-electron chi connectivity index (χ2n) is 7.08. The molecule has 10 heteroatoms. The molecule has 0 atom stereocenters. The molecule has 3 rings (SSSR count). The van der Waals surface area contributed by atoms with Crippen LogP contribution in [0.1, 0.15) is 35.9 Å². The van der Waals surface area contributed by atoms with Crippen LogP contribution in [0.3, 0.4) is 0 Å². The fourth-order valence-electron chi connectivity index (χ4n) is 2.64. The molecule has 0 spiro atoms. The Morgan fingerprint density at radius 3 is 2.43 bits per heavy atom. The number of anilines is 1. The number of sulfonamides is 1. The zero-order valence-electron chi connectivity index (χ0n) is 17.0. The van der Waals surface area contributed by atoms with Crippen LogP contribution in [0.2, 0.25) is 0 Å². The Morgan fingerprint density at radius 1 is 1.13 bits per heavy atom. The molecule has 0 fully saturated rings. The van der Waals surface area contributed by atoms with E-state index < -0.39 is 21.5 Å². The highest BCUT2D eigenvalue weighted by molar-refractivity contribution is 7.92. The lowest BCUT2D eigenvalue weighted by Gasteiger charge is -2.22. The molecule has 158 valence electrons. The van der Waals surface area contributed by atoms with Crippen LogP contribution >= 0.6 is 0 Å². The average molecular weight is 430 g/mol. The van der Waals surface area contributed by atoms with Crippen LogP contribution < -0.4 is 14.8 Å². The van der Waals surface area contributed by atoms with E-state index in [0.29, 0.717) is 23.2 Å². The summed E-state index contributed by atoms with van der Waals surface area (Å²) in [6.07, 6.45) is 0. The Kier molecular flexibility index (Phi) is 5.79. The van der Waals surface area contributed by atoms with E-state index in [-0.39, 0.29) is 10.5 Å². The minimum absolute atomic E-state index is 0.0424. The van der Waals surface area contributed by atoms with Gasteiger partial charge >= 0.3 is 0 Å². The minimum atomic E-state index is -3.89. The summed E-state index contributed by atoms with van der Waals surface area (Å²) >= 11 is 0. The van der Waals surface area contributed by atoms with E-state index in [0.717, 1.165) is 0 Å². The van der Waals surface area contributed by atoms with Gasteiger partial charge in [0.15, 0.2) is 5.82 Å². The molecular formula is C20H22N4O5S. The molecule has 0 aliphatic rings. The van der Waals surface area contributed by atoms with Gasteiger partial charge in [-0.25, -0.2) is 8.42 Å². The van der Waals surface area contributed by atoms with Crippen molar-refractivity contribution >= 4 is 21.6 Å². The van der Waals surface area contributed by atoms with Crippen molar-refractivity contribution in [3.63, 3.8) is 0 Å². The highest BCUT2D eigenvalue weighted by atomic mass is 32.2. The monoisotopic (exact) mass is 430 g/mol. The van der Waals surface area contributed by atoms with Crippen LogP contribution in [0.4, 0.5) is 5.69 Å². The number of benzene rings is 2. The molecule has 1 aromatic heterocycles. The fourth-order valence-corrected chi connectivity index (χ4v) is 3.75. The van der Waals surface area contributed by atoms with Gasteiger partial charge in [-0.05, 0) is 56.3 Å². The van der Waals surface area contributed by atoms with Crippen LogP contribution in [0.5, 0.6) is 5.75 Å². The lowest BCUT2D eigenvalue weighted by molar-refractivity contribution is 0.0907. The molecule has 3 aromatic rings. The first-order valence-corrected chi connectivity index (χ1v) is 10.5. The molecule has 0 saturated carbocycles. The van der Waals surface area contributed by atoms with E-state index in [1.54, 1.807) is 45.0 Å². The molecule has 1 heterocycles. The van der Waals surface area contributed by atoms with E-state index in [2.05, 4.69) is 20.2 Å². The largest absolute Gasteiger partial charge is 0.497 e. The quantitative estimate of drug-likeness (QED) is 0.591. The molecule has 0 aliphatic heterocycles. The summed E-state index contributed by atoms with van der Waals surface area (Å²) in [5, 5.41) is 6.62. The van der Waals surface area contributed by atoms with Crippen LogP contribution in [-0.4, -0.2) is 31.6 Å². The third-order valence-electron chi connectivity index (χ3n) is 4.26. The summed E-state index contributed by atoms with van der Waals surface area (Å²) in [5.41, 5.74) is -0.356. The normalized spacial score (nSPS) is 11.7. The van der Waals surface area contributed by atoms with Crippen molar-refractivity contribution in [2.45, 2.75) is 31.2 Å². The van der Waals surface area contributed by atoms with Gasteiger partial charge in [0.05, 0.1) is 17.5 Å². The zero-order chi connectivity index (χ0) is 21.9. The molecule has 0 aliphatic carbocycles. The second-order valence-corrected chi connectivity index (χ2v) is 8.76. The summed E-state index contributed by atoms with van der Waals surface area (Å²) in [7, 11) is -2.37. The van der Waals surface area contributed by atoms with Crippen molar-refractivity contribution in [1.82, 2.24) is 15.5 Å². The van der Waals surface area contributed by atoms with Gasteiger partial charge in [0.2, 0.25) is 5.89 Å². The van der Waals surface area contributed by atoms with E-state index in [9.17, 15) is 13.2 Å². The first-order chi connectivity index (χ1) is 14.1. The predicted octanol–water partition coefficient (Wildman–Crippen LogP) is 2.85. The number of carbonyl (C=O) groups is 1. The summed E-state index contributed by atoms with van der Waals surface area (Å²) in [6.45, 7) is 5.10. The number of carbonyl (C=O) groups excluding carboxylic acids is 1. The molecule has 2 aromatic carbocycles. The minimum Gasteiger partial charge on any atom is -0.497 e. The van der Waals surface area contributed by atoms with Crippen LogP contribution in [0, 0.1) is 6.92 Å². The Morgan fingerprint density at radius 2 is 1.83 bits per heavy atom. The lowest BCUT2D eigenvalue weighted by Crippen LogP contribution is -2.41. The number of rotatable bonds is 7. The molecule has 9 nitrogen and oxygen atoms in total. The maximum Gasteiger partial charge on any atom is 0.261 e. The number of nitrogens with one attached hydrogen (secondary N) is 2. The number of hydrogen-bond acceptors (Lipinski definition) is 7. The summed E-state index contributed by atoms with van der Waals surface area (Å²) in [5.74, 6) is 0.836. The summed E-state index contributed by atoms with van der Waals surface area (Å²) in [6, 6.07) is 12.2. The molecule has 0 radical (unpaired) electrons. The van der Waals surface area contributed by atoms with Crippen molar-refractivity contribution in [2.75, 3.05) is 11.8 Å². The molecule has 2 N–H and O–H groups in total. The number of nitrogens with zero attached hydrogens (tertiary/aromatic N) is 2. The maximum atomic E-state index is 12.7. The topological polar surface area (TPSA) is 123 Å². The van der Waals surface area contributed by atoms with Gasteiger partial charge < -0.3 is 14.6 Å². The Bertz CT molecular complexity index is 1150. The molecular weight excluding hydrogens is 408 g/mol. The summed E-state index contributed by atoms with van der Waals surface area (Å²) < 4.78 is 38.0. The number of amides is 1. The van der Waals surface area contributed by atoms with Gasteiger partial charge in [-0.15, -0.1) is 0 Å². The van der Waals surface area contributed by atoms with E-state index in [1.807, 2.05) is 0 Å². The summed E-state index contributed by atoms with van der Waals surface area (Å²) in [4.78, 5) is 16.8. The first kappa shape index (κ1) is 21.3. The Balaban J connectivity index is 1.79.